The third kappa shape index (κ3) is 1.09. The SMILES string of the molecule is CC1=CC2(C)C(=Nc3ccccc32)C(C)=C1. The summed E-state index contributed by atoms with van der Waals surface area (Å²) < 4.78 is 0. The summed E-state index contributed by atoms with van der Waals surface area (Å²) >= 11 is 0. The van der Waals surface area contributed by atoms with Crippen molar-refractivity contribution in [3.63, 3.8) is 0 Å². The van der Waals surface area contributed by atoms with Gasteiger partial charge in [-0.3, -0.25) is 4.99 Å². The van der Waals surface area contributed by atoms with Crippen LogP contribution in [0.25, 0.3) is 0 Å². The van der Waals surface area contributed by atoms with Crippen molar-refractivity contribution in [3.05, 3.63) is 53.1 Å². The molecule has 1 nitrogen and oxygen atoms in total. The van der Waals surface area contributed by atoms with Crippen LogP contribution in [0.5, 0.6) is 0 Å². The summed E-state index contributed by atoms with van der Waals surface area (Å²) in [5.41, 5.74) is 6.27. The third-order valence-corrected chi connectivity index (χ3v) is 3.52. The molecule has 0 radical (unpaired) electrons. The van der Waals surface area contributed by atoms with Crippen LogP contribution in [0.3, 0.4) is 0 Å². The fourth-order valence-corrected chi connectivity index (χ4v) is 2.93. The molecule has 1 atom stereocenters. The maximum atomic E-state index is 4.76. The average Bonchev–Trinajstić information content (AvgIpc) is 2.52. The molecule has 1 heterocycles. The lowest BCUT2D eigenvalue weighted by Crippen LogP contribution is -2.30. The summed E-state index contributed by atoms with van der Waals surface area (Å²) in [6.07, 6.45) is 4.54. The molecule has 80 valence electrons. The second-order valence-electron chi connectivity index (χ2n) is 4.90. The summed E-state index contributed by atoms with van der Waals surface area (Å²) in [7, 11) is 0. The molecule has 0 N–H and O–H groups in total. The fraction of sp³-hybridized carbons (Fsp3) is 0.267. The number of allylic oxidation sites excluding steroid dienone is 4. The van der Waals surface area contributed by atoms with Gasteiger partial charge in [0, 0.05) is 0 Å². The van der Waals surface area contributed by atoms with E-state index in [0.29, 0.717) is 0 Å². The molecule has 1 aliphatic carbocycles. The molecule has 2 aliphatic rings. The highest BCUT2D eigenvalue weighted by atomic mass is 14.8. The van der Waals surface area contributed by atoms with E-state index in [-0.39, 0.29) is 5.41 Å². The van der Waals surface area contributed by atoms with E-state index in [4.69, 9.17) is 4.99 Å². The van der Waals surface area contributed by atoms with Crippen LogP contribution in [0.1, 0.15) is 26.3 Å². The van der Waals surface area contributed by atoms with E-state index in [1.54, 1.807) is 0 Å². The van der Waals surface area contributed by atoms with Gasteiger partial charge < -0.3 is 0 Å². The molecule has 0 aromatic heterocycles. The van der Waals surface area contributed by atoms with Gasteiger partial charge in [-0.2, -0.15) is 0 Å². The molecular weight excluding hydrogens is 194 g/mol. The molecule has 0 bridgehead atoms. The number of hydrogen-bond acceptors (Lipinski definition) is 1. The molecule has 1 aromatic carbocycles. The highest BCUT2D eigenvalue weighted by Crippen LogP contribution is 2.45. The molecule has 1 unspecified atom stereocenters. The van der Waals surface area contributed by atoms with E-state index in [1.807, 2.05) is 0 Å². The summed E-state index contributed by atoms with van der Waals surface area (Å²) in [6, 6.07) is 8.44. The van der Waals surface area contributed by atoms with Gasteiger partial charge in [-0.1, -0.05) is 35.9 Å². The van der Waals surface area contributed by atoms with Gasteiger partial charge >= 0.3 is 0 Å². The van der Waals surface area contributed by atoms with Gasteiger partial charge in [0.1, 0.15) is 0 Å². The predicted octanol–water partition coefficient (Wildman–Crippen LogP) is 3.94. The van der Waals surface area contributed by atoms with Gasteiger partial charge in [0.05, 0.1) is 16.8 Å². The van der Waals surface area contributed by atoms with E-state index in [0.717, 1.165) is 5.69 Å². The first-order valence-corrected chi connectivity index (χ1v) is 5.68. The van der Waals surface area contributed by atoms with Crippen molar-refractivity contribution in [2.75, 3.05) is 0 Å². The van der Waals surface area contributed by atoms with Crippen LogP contribution in [-0.4, -0.2) is 5.71 Å². The maximum Gasteiger partial charge on any atom is 0.0678 e. The minimum Gasteiger partial charge on any atom is -0.252 e. The van der Waals surface area contributed by atoms with Crippen LogP contribution >= 0.6 is 0 Å². The quantitative estimate of drug-likeness (QED) is 0.613. The molecule has 1 aliphatic heterocycles. The summed E-state index contributed by atoms with van der Waals surface area (Å²) in [5.74, 6) is 0. The van der Waals surface area contributed by atoms with Crippen molar-refractivity contribution in [2.24, 2.45) is 4.99 Å². The van der Waals surface area contributed by atoms with Crippen LogP contribution in [0, 0.1) is 0 Å². The van der Waals surface area contributed by atoms with Gasteiger partial charge in [0.15, 0.2) is 0 Å². The van der Waals surface area contributed by atoms with E-state index >= 15 is 0 Å². The number of benzene rings is 1. The third-order valence-electron chi connectivity index (χ3n) is 3.52. The minimum absolute atomic E-state index is 0.0144. The highest BCUT2D eigenvalue weighted by molar-refractivity contribution is 6.14. The Labute approximate surface area is 96.2 Å². The number of hydrogen-bond donors (Lipinski definition) is 0. The number of fused-ring (bicyclic) bond motifs is 3. The molecule has 0 saturated carbocycles. The summed E-state index contributed by atoms with van der Waals surface area (Å²) in [6.45, 7) is 6.57. The molecule has 0 spiro atoms. The topological polar surface area (TPSA) is 12.4 Å². The van der Waals surface area contributed by atoms with Crippen LogP contribution in [0.15, 0.2) is 52.6 Å². The van der Waals surface area contributed by atoms with Crippen LogP contribution < -0.4 is 0 Å². The first kappa shape index (κ1) is 9.59. The van der Waals surface area contributed by atoms with Crippen molar-refractivity contribution < 1.29 is 0 Å². The van der Waals surface area contributed by atoms with Crippen molar-refractivity contribution >= 4 is 11.4 Å². The van der Waals surface area contributed by atoms with E-state index in [2.05, 4.69) is 57.2 Å². The lowest BCUT2D eigenvalue weighted by Gasteiger charge is -2.28. The number of para-hydroxylation sites is 1. The number of aliphatic imine (C=N–C) groups is 1. The van der Waals surface area contributed by atoms with E-state index < -0.39 is 0 Å². The van der Waals surface area contributed by atoms with Crippen LogP contribution in [0.4, 0.5) is 5.69 Å². The first-order chi connectivity index (χ1) is 7.61. The molecule has 16 heavy (non-hydrogen) atoms. The summed E-state index contributed by atoms with van der Waals surface area (Å²) in [5, 5.41) is 0. The largest absolute Gasteiger partial charge is 0.252 e. The Kier molecular flexibility index (Phi) is 1.76. The molecule has 1 aromatic rings. The molecular formula is C15H15N. The van der Waals surface area contributed by atoms with E-state index in [1.165, 1.54) is 22.4 Å². The van der Waals surface area contributed by atoms with Crippen molar-refractivity contribution in [1.29, 1.82) is 0 Å². The Morgan fingerprint density at radius 2 is 1.88 bits per heavy atom. The second-order valence-corrected chi connectivity index (χ2v) is 4.90. The van der Waals surface area contributed by atoms with Crippen LogP contribution in [0.2, 0.25) is 0 Å². The Hall–Kier alpha value is -1.63. The van der Waals surface area contributed by atoms with Crippen molar-refractivity contribution in [2.45, 2.75) is 26.2 Å². The number of rotatable bonds is 0. The van der Waals surface area contributed by atoms with Gasteiger partial charge in [0.2, 0.25) is 0 Å². The monoisotopic (exact) mass is 209 g/mol. The Bertz CT molecular complexity index is 561. The molecule has 3 rings (SSSR count). The molecule has 0 amide bonds. The molecule has 0 fully saturated rings. The van der Waals surface area contributed by atoms with Crippen molar-refractivity contribution in [3.8, 4) is 0 Å². The minimum atomic E-state index is -0.0144. The first-order valence-electron chi connectivity index (χ1n) is 5.68. The highest BCUT2D eigenvalue weighted by Gasteiger charge is 2.39. The average molecular weight is 209 g/mol. The maximum absolute atomic E-state index is 4.76. The molecule has 1 heteroatoms. The van der Waals surface area contributed by atoms with Crippen molar-refractivity contribution in [1.82, 2.24) is 0 Å². The molecule has 0 saturated heterocycles. The van der Waals surface area contributed by atoms with Gasteiger partial charge in [-0.15, -0.1) is 0 Å². The zero-order valence-electron chi connectivity index (χ0n) is 9.91. The zero-order valence-corrected chi connectivity index (χ0v) is 9.91. The Morgan fingerprint density at radius 3 is 2.69 bits per heavy atom. The lowest BCUT2D eigenvalue weighted by molar-refractivity contribution is 0.816. The number of nitrogens with zero attached hydrogens (tertiary/aromatic N) is 1. The zero-order chi connectivity index (χ0) is 11.3. The standard InChI is InChI=1S/C15H15N/c1-10-8-11(2)14-15(3,9-10)12-6-4-5-7-13(12)16-14/h4-9H,1-3H3. The van der Waals surface area contributed by atoms with E-state index in [9.17, 15) is 0 Å². The van der Waals surface area contributed by atoms with Gasteiger partial charge in [-0.05, 0) is 38.0 Å². The Morgan fingerprint density at radius 1 is 1.12 bits per heavy atom. The smallest absolute Gasteiger partial charge is 0.0678 e. The van der Waals surface area contributed by atoms with Gasteiger partial charge in [-0.25, -0.2) is 0 Å². The normalized spacial score (nSPS) is 26.6. The Balaban J connectivity index is 2.30. The van der Waals surface area contributed by atoms with Gasteiger partial charge in [0.25, 0.3) is 0 Å². The second kappa shape index (κ2) is 2.94. The predicted molar refractivity (Wildman–Crippen MR) is 68.4 cm³/mol. The summed E-state index contributed by atoms with van der Waals surface area (Å²) in [4.78, 5) is 4.76. The fourth-order valence-electron chi connectivity index (χ4n) is 2.93. The van der Waals surface area contributed by atoms with Crippen LogP contribution in [-0.2, 0) is 5.41 Å². The lowest BCUT2D eigenvalue weighted by atomic mass is 9.73.